The molecule has 2 aromatic carbocycles. The Balaban J connectivity index is 1.06. The zero-order valence-corrected chi connectivity index (χ0v) is 28.2. The number of nitrogens with zero attached hydrogens (tertiary/aromatic N) is 3. The van der Waals surface area contributed by atoms with E-state index in [-0.39, 0.29) is 34.9 Å². The first-order chi connectivity index (χ1) is 22.5. The van der Waals surface area contributed by atoms with E-state index in [9.17, 15) is 22.8 Å². The first-order valence-electron chi connectivity index (χ1n) is 16.8. The van der Waals surface area contributed by atoms with E-state index in [4.69, 9.17) is 14.6 Å². The van der Waals surface area contributed by atoms with Crippen LogP contribution in [0.5, 0.6) is 5.75 Å². The minimum atomic E-state index is -3.52. The van der Waals surface area contributed by atoms with E-state index in [1.54, 1.807) is 17.0 Å². The number of rotatable bonds is 10. The number of amides is 2. The molecule has 1 aliphatic carbocycles. The van der Waals surface area contributed by atoms with Gasteiger partial charge in [0.05, 0.1) is 25.0 Å². The monoisotopic (exact) mass is 666 g/mol. The summed E-state index contributed by atoms with van der Waals surface area (Å²) in [6.45, 7) is 6.57. The summed E-state index contributed by atoms with van der Waals surface area (Å²) in [4.78, 5) is 45.0. The van der Waals surface area contributed by atoms with Gasteiger partial charge in [0.1, 0.15) is 5.75 Å². The highest BCUT2D eigenvalue weighted by Crippen LogP contribution is 2.45. The molecule has 0 aromatic heterocycles. The molecular weight excluding hydrogens is 620 g/mol. The van der Waals surface area contributed by atoms with Gasteiger partial charge in [0.25, 0.3) is 5.91 Å². The summed E-state index contributed by atoms with van der Waals surface area (Å²) in [5.41, 5.74) is 4.02. The van der Waals surface area contributed by atoms with Gasteiger partial charge in [0, 0.05) is 49.4 Å². The van der Waals surface area contributed by atoms with E-state index in [0.29, 0.717) is 62.5 Å². The molecular formula is C35H46N4O7S. The van der Waals surface area contributed by atoms with Crippen LogP contribution in [0.4, 0.5) is 5.69 Å². The first-order valence-corrected chi connectivity index (χ1v) is 18.5. The molecule has 2 aromatic rings. The van der Waals surface area contributed by atoms with Crippen LogP contribution in [0, 0.1) is 11.3 Å². The largest absolute Gasteiger partial charge is 0.494 e. The van der Waals surface area contributed by atoms with Gasteiger partial charge in [-0.2, -0.15) is 0 Å². The van der Waals surface area contributed by atoms with Crippen LogP contribution in [0.1, 0.15) is 89.6 Å². The Kier molecular flexibility index (Phi) is 9.64. The Morgan fingerprint density at radius 2 is 1.68 bits per heavy atom. The van der Waals surface area contributed by atoms with Crippen molar-refractivity contribution in [2.75, 3.05) is 57.1 Å². The average molecular weight is 667 g/mol. The molecule has 254 valence electrons. The molecule has 0 atom stereocenters. The van der Waals surface area contributed by atoms with Crippen LogP contribution in [0.15, 0.2) is 36.4 Å². The molecule has 4 aliphatic rings. The maximum atomic E-state index is 13.3. The molecule has 47 heavy (non-hydrogen) atoms. The Morgan fingerprint density at radius 1 is 1.00 bits per heavy atom. The van der Waals surface area contributed by atoms with Gasteiger partial charge in [-0.15, -0.1) is 0 Å². The van der Waals surface area contributed by atoms with Crippen LogP contribution in [0.3, 0.4) is 0 Å². The second kappa shape index (κ2) is 13.6. The number of hydrogen-bond acceptors (Lipinski definition) is 8. The van der Waals surface area contributed by atoms with Crippen molar-refractivity contribution in [3.63, 3.8) is 0 Å². The van der Waals surface area contributed by atoms with Crippen LogP contribution < -0.4 is 14.8 Å². The lowest BCUT2D eigenvalue weighted by atomic mass is 9.77. The van der Waals surface area contributed by atoms with Crippen LogP contribution in [-0.2, 0) is 26.1 Å². The lowest BCUT2D eigenvalue weighted by Gasteiger charge is -2.39. The van der Waals surface area contributed by atoms with Gasteiger partial charge in [-0.1, -0.05) is 0 Å². The van der Waals surface area contributed by atoms with Gasteiger partial charge >= 0.3 is 5.97 Å². The number of benzene rings is 2. The van der Waals surface area contributed by atoms with Gasteiger partial charge in [0.2, 0.25) is 15.9 Å². The third-order valence-electron chi connectivity index (χ3n) is 10.4. The lowest BCUT2D eigenvalue weighted by molar-refractivity contribution is -0.118. The summed E-state index contributed by atoms with van der Waals surface area (Å²) in [6.07, 6.45) is 5.71. The second-order valence-corrected chi connectivity index (χ2v) is 15.4. The summed E-state index contributed by atoms with van der Waals surface area (Å²) in [5.74, 6) is 0.760. The van der Waals surface area contributed by atoms with Gasteiger partial charge < -0.3 is 19.3 Å². The highest BCUT2D eigenvalue weighted by atomic mass is 32.2. The molecule has 2 amide bonds. The number of carbonyl (C=O) groups excluding carboxylic acids is 3. The van der Waals surface area contributed by atoms with E-state index in [1.165, 1.54) is 7.11 Å². The van der Waals surface area contributed by atoms with E-state index < -0.39 is 10.0 Å². The normalized spacial score (nSPS) is 20.5. The summed E-state index contributed by atoms with van der Waals surface area (Å²) >= 11 is 0. The highest BCUT2D eigenvalue weighted by Gasteiger charge is 2.45. The molecule has 11 nitrogen and oxygen atoms in total. The van der Waals surface area contributed by atoms with Crippen molar-refractivity contribution >= 4 is 33.5 Å². The quantitative estimate of drug-likeness (QED) is 0.377. The SMILES string of the molecule is CCOc1cc(C(=O)OC)c(C2CC2)cc1CN1CCC2(CC1)CC(=O)N(c1ccc(C(=O)N3CCC(CS(N)(=O)=O)CC3)cc1)C2. The third kappa shape index (κ3) is 7.65. The van der Waals surface area contributed by atoms with E-state index >= 15 is 0 Å². The third-order valence-corrected chi connectivity index (χ3v) is 11.3. The topological polar surface area (TPSA) is 140 Å². The fraction of sp³-hybridized carbons (Fsp3) is 0.571. The number of piperidine rings is 2. The number of anilines is 1. The van der Waals surface area contributed by atoms with Gasteiger partial charge in [-0.3, -0.25) is 14.5 Å². The molecule has 3 heterocycles. The summed E-state index contributed by atoms with van der Waals surface area (Å²) < 4.78 is 33.9. The number of nitrogens with two attached hydrogens (primary N) is 1. The number of primary sulfonamides is 1. The van der Waals surface area contributed by atoms with Crippen LogP contribution in [0.2, 0.25) is 0 Å². The molecule has 4 fully saturated rings. The summed E-state index contributed by atoms with van der Waals surface area (Å²) in [6, 6.07) is 11.3. The molecule has 3 saturated heterocycles. The minimum absolute atomic E-state index is 0.0240. The number of ether oxygens (including phenoxy) is 2. The fourth-order valence-corrected chi connectivity index (χ4v) is 8.56. The van der Waals surface area contributed by atoms with E-state index in [0.717, 1.165) is 67.9 Å². The number of esters is 1. The Morgan fingerprint density at radius 3 is 2.28 bits per heavy atom. The van der Waals surface area contributed by atoms with Crippen molar-refractivity contribution in [2.24, 2.45) is 16.5 Å². The zero-order valence-electron chi connectivity index (χ0n) is 27.4. The number of carbonyl (C=O) groups is 3. The van der Waals surface area contributed by atoms with Crippen molar-refractivity contribution in [1.82, 2.24) is 9.80 Å². The van der Waals surface area contributed by atoms with Crippen LogP contribution in [-0.4, -0.2) is 88.2 Å². The highest BCUT2D eigenvalue weighted by molar-refractivity contribution is 7.89. The smallest absolute Gasteiger partial charge is 0.338 e. The van der Waals surface area contributed by atoms with Gasteiger partial charge in [-0.05, 0) is 118 Å². The zero-order chi connectivity index (χ0) is 33.3. The van der Waals surface area contributed by atoms with E-state index in [1.807, 2.05) is 30.0 Å². The minimum Gasteiger partial charge on any atom is -0.494 e. The molecule has 6 rings (SSSR count). The number of hydrogen-bond donors (Lipinski definition) is 1. The predicted molar refractivity (Wildman–Crippen MR) is 178 cm³/mol. The fourth-order valence-electron chi connectivity index (χ4n) is 7.57. The molecule has 12 heteroatoms. The molecule has 2 N–H and O–H groups in total. The summed E-state index contributed by atoms with van der Waals surface area (Å²) in [7, 11) is -2.11. The summed E-state index contributed by atoms with van der Waals surface area (Å²) in [5, 5.41) is 5.20. The molecule has 1 saturated carbocycles. The maximum Gasteiger partial charge on any atom is 0.338 e. The van der Waals surface area contributed by atoms with Crippen molar-refractivity contribution in [1.29, 1.82) is 0 Å². The second-order valence-electron chi connectivity index (χ2n) is 13.8. The van der Waals surface area contributed by atoms with Crippen LogP contribution in [0.25, 0.3) is 0 Å². The average Bonchev–Trinajstić information content (AvgIpc) is 3.85. The number of sulfonamides is 1. The lowest BCUT2D eigenvalue weighted by Crippen LogP contribution is -2.41. The number of likely N-dealkylation sites (tertiary alicyclic amines) is 2. The molecule has 0 radical (unpaired) electrons. The van der Waals surface area contributed by atoms with Crippen LogP contribution >= 0.6 is 0 Å². The van der Waals surface area contributed by atoms with Crippen molar-refractivity contribution in [2.45, 2.75) is 64.3 Å². The molecule has 0 unspecified atom stereocenters. The van der Waals surface area contributed by atoms with Gasteiger partial charge in [-0.25, -0.2) is 18.4 Å². The standard InChI is InChI=1S/C35H46N4O7S/c1-3-46-31-19-30(34(42)45-2)29(25-4-5-25)18-27(31)21-37-16-12-35(13-17-37)20-32(40)39(23-35)28-8-6-26(7-9-28)33(41)38-14-10-24(11-15-38)22-47(36,43)44/h6-9,18-19,24-25H,3-5,10-17,20-23H2,1-2H3,(H2,36,43,44). The molecule has 1 spiro atoms. The first kappa shape index (κ1) is 33.4. The van der Waals surface area contributed by atoms with E-state index in [2.05, 4.69) is 11.0 Å². The van der Waals surface area contributed by atoms with Crippen molar-refractivity contribution < 1.29 is 32.3 Å². The maximum absolute atomic E-state index is 13.3. The van der Waals surface area contributed by atoms with Gasteiger partial charge in [0.15, 0.2) is 0 Å². The molecule has 3 aliphatic heterocycles. The van der Waals surface area contributed by atoms with Crippen molar-refractivity contribution in [3.05, 3.63) is 58.7 Å². The Bertz CT molecular complexity index is 1610. The van der Waals surface area contributed by atoms with Crippen molar-refractivity contribution in [3.8, 4) is 5.75 Å². The number of methoxy groups -OCH3 is 1. The Hall–Kier alpha value is -3.48. The molecule has 0 bridgehead atoms. The Labute approximate surface area is 277 Å². The predicted octanol–water partition coefficient (Wildman–Crippen LogP) is 3.91.